The molecular weight excluding hydrogens is 142 g/mol. The molecule has 0 spiro atoms. The zero-order chi connectivity index (χ0) is 8.10. The van der Waals surface area contributed by atoms with Crippen molar-refractivity contribution >= 4 is 5.69 Å². The van der Waals surface area contributed by atoms with Crippen LogP contribution in [-0.2, 0) is 6.54 Å². The molecule has 4 nitrogen and oxygen atoms in total. The minimum atomic E-state index is -0.114. The van der Waals surface area contributed by atoms with E-state index < -0.39 is 0 Å². The third kappa shape index (κ3) is 2.32. The molecule has 0 fully saturated rings. The molecule has 3 N–H and O–H groups in total. The fraction of sp³-hybridized carbons (Fsp3) is 0.286. The van der Waals surface area contributed by atoms with Crippen LogP contribution in [0.25, 0.3) is 0 Å². The van der Waals surface area contributed by atoms with E-state index in [9.17, 15) is 0 Å². The first-order chi connectivity index (χ1) is 5.33. The van der Waals surface area contributed by atoms with Gasteiger partial charge in [-0.3, -0.25) is 4.68 Å². The molecule has 0 unspecified atom stereocenters. The number of aliphatic hydroxyl groups is 1. The van der Waals surface area contributed by atoms with Crippen LogP contribution in [0.3, 0.4) is 0 Å². The molecule has 0 aromatic carbocycles. The van der Waals surface area contributed by atoms with Crippen molar-refractivity contribution in [1.29, 1.82) is 0 Å². The van der Waals surface area contributed by atoms with Gasteiger partial charge in [0, 0.05) is 6.20 Å². The molecule has 0 saturated heterocycles. The third-order valence-corrected chi connectivity index (χ3v) is 1.10. The third-order valence-electron chi connectivity index (χ3n) is 1.10. The second-order valence-corrected chi connectivity index (χ2v) is 1.98. The van der Waals surface area contributed by atoms with Gasteiger partial charge in [0.1, 0.15) is 13.2 Å². The van der Waals surface area contributed by atoms with Gasteiger partial charge in [-0.05, 0) is 0 Å². The number of nitrogens with two attached hydrogens (primary N) is 1. The first-order valence-corrected chi connectivity index (χ1v) is 3.17. The van der Waals surface area contributed by atoms with Crippen molar-refractivity contribution in [2.45, 2.75) is 6.54 Å². The van der Waals surface area contributed by atoms with E-state index in [-0.39, 0.29) is 6.61 Å². The molecule has 0 radical (unpaired) electrons. The Labute approximate surface area is 64.6 Å². The molecule has 11 heavy (non-hydrogen) atoms. The van der Waals surface area contributed by atoms with Crippen LogP contribution >= 0.6 is 0 Å². The highest BCUT2D eigenvalue weighted by Gasteiger charge is 1.88. The molecule has 58 valence electrons. The van der Waals surface area contributed by atoms with E-state index in [4.69, 9.17) is 10.8 Å². The van der Waals surface area contributed by atoms with E-state index in [1.54, 1.807) is 17.1 Å². The number of nitrogen functional groups attached to an aromatic ring is 1. The summed E-state index contributed by atoms with van der Waals surface area (Å²) in [4.78, 5) is 0. The van der Waals surface area contributed by atoms with Crippen LogP contribution in [0.2, 0.25) is 0 Å². The lowest BCUT2D eigenvalue weighted by molar-refractivity contribution is 0.350. The molecule has 0 aliphatic carbocycles. The second kappa shape index (κ2) is 3.64. The summed E-state index contributed by atoms with van der Waals surface area (Å²) in [6, 6.07) is 0. The SMILES string of the molecule is Nc1cnn(CC#CCO)c1. The molecule has 0 amide bonds. The minimum Gasteiger partial charge on any atom is -0.396 e. The Kier molecular flexibility index (Phi) is 2.53. The van der Waals surface area contributed by atoms with Crippen LogP contribution in [0.15, 0.2) is 12.4 Å². The molecule has 0 bridgehead atoms. The molecular formula is C7H9N3O. The molecule has 0 aliphatic heterocycles. The predicted molar refractivity (Wildman–Crippen MR) is 41.5 cm³/mol. The maximum Gasteiger partial charge on any atom is 0.104 e. The largest absolute Gasteiger partial charge is 0.396 e. The van der Waals surface area contributed by atoms with Crippen LogP contribution < -0.4 is 5.73 Å². The molecule has 4 heteroatoms. The summed E-state index contributed by atoms with van der Waals surface area (Å²) in [7, 11) is 0. The fourth-order valence-electron chi connectivity index (χ4n) is 0.659. The summed E-state index contributed by atoms with van der Waals surface area (Å²) in [5.74, 6) is 5.22. The lowest BCUT2D eigenvalue weighted by Crippen LogP contribution is -1.95. The Bertz CT molecular complexity index is 281. The van der Waals surface area contributed by atoms with E-state index in [0.29, 0.717) is 12.2 Å². The van der Waals surface area contributed by atoms with E-state index in [2.05, 4.69) is 16.9 Å². The van der Waals surface area contributed by atoms with Crippen LogP contribution in [0, 0.1) is 11.8 Å². The number of rotatable bonds is 1. The normalized spacial score (nSPS) is 8.82. The zero-order valence-corrected chi connectivity index (χ0v) is 5.99. The summed E-state index contributed by atoms with van der Waals surface area (Å²) >= 11 is 0. The molecule has 1 rings (SSSR count). The number of aliphatic hydroxyl groups excluding tert-OH is 1. The zero-order valence-electron chi connectivity index (χ0n) is 5.99. The Balaban J connectivity index is 2.51. The number of aromatic nitrogens is 2. The van der Waals surface area contributed by atoms with Crippen molar-refractivity contribution in [3.63, 3.8) is 0 Å². The van der Waals surface area contributed by atoms with Crippen molar-refractivity contribution < 1.29 is 5.11 Å². The predicted octanol–water partition coefficient (Wildman–Crippen LogP) is -0.539. The van der Waals surface area contributed by atoms with Crippen molar-refractivity contribution in [2.75, 3.05) is 12.3 Å². The van der Waals surface area contributed by atoms with Crippen molar-refractivity contribution in [1.82, 2.24) is 9.78 Å². The smallest absolute Gasteiger partial charge is 0.104 e. The first kappa shape index (κ1) is 7.63. The van der Waals surface area contributed by atoms with E-state index in [0.717, 1.165) is 0 Å². The summed E-state index contributed by atoms with van der Waals surface area (Å²) in [5.41, 5.74) is 6.02. The van der Waals surface area contributed by atoms with Crippen molar-refractivity contribution in [2.24, 2.45) is 0 Å². The fourth-order valence-corrected chi connectivity index (χ4v) is 0.659. The second-order valence-electron chi connectivity index (χ2n) is 1.98. The lowest BCUT2D eigenvalue weighted by Gasteiger charge is -1.89. The highest BCUT2D eigenvalue weighted by atomic mass is 16.2. The first-order valence-electron chi connectivity index (χ1n) is 3.17. The summed E-state index contributed by atoms with van der Waals surface area (Å²) in [6.07, 6.45) is 3.24. The maximum absolute atomic E-state index is 8.32. The molecule has 0 aliphatic rings. The number of hydrogen-bond donors (Lipinski definition) is 2. The number of anilines is 1. The highest BCUT2D eigenvalue weighted by molar-refractivity contribution is 5.30. The number of nitrogens with zero attached hydrogens (tertiary/aromatic N) is 2. The van der Waals surface area contributed by atoms with Crippen LogP contribution in [0.1, 0.15) is 0 Å². The van der Waals surface area contributed by atoms with Gasteiger partial charge in [-0.1, -0.05) is 11.8 Å². The average molecular weight is 151 g/mol. The van der Waals surface area contributed by atoms with Crippen LogP contribution in [0.5, 0.6) is 0 Å². The quantitative estimate of drug-likeness (QED) is 0.530. The van der Waals surface area contributed by atoms with Crippen LogP contribution in [-0.4, -0.2) is 21.5 Å². The Morgan fingerprint density at radius 2 is 2.45 bits per heavy atom. The van der Waals surface area contributed by atoms with Gasteiger partial charge >= 0.3 is 0 Å². The summed E-state index contributed by atoms with van der Waals surface area (Å²) in [6.45, 7) is 0.356. The van der Waals surface area contributed by atoms with Crippen LogP contribution in [0.4, 0.5) is 5.69 Å². The summed E-state index contributed by atoms with van der Waals surface area (Å²) in [5, 5.41) is 12.2. The molecule has 0 atom stereocenters. The van der Waals surface area contributed by atoms with E-state index >= 15 is 0 Å². The van der Waals surface area contributed by atoms with Gasteiger partial charge in [0.25, 0.3) is 0 Å². The molecule has 0 saturated carbocycles. The average Bonchev–Trinajstić information content (AvgIpc) is 2.37. The Hall–Kier alpha value is -1.47. The molecule has 1 aromatic rings. The number of hydrogen-bond acceptors (Lipinski definition) is 3. The van der Waals surface area contributed by atoms with E-state index in [1.807, 2.05) is 0 Å². The van der Waals surface area contributed by atoms with Gasteiger partial charge in [0.2, 0.25) is 0 Å². The van der Waals surface area contributed by atoms with Gasteiger partial charge < -0.3 is 10.8 Å². The van der Waals surface area contributed by atoms with E-state index in [1.165, 1.54) is 0 Å². The summed E-state index contributed by atoms with van der Waals surface area (Å²) < 4.78 is 1.61. The van der Waals surface area contributed by atoms with Gasteiger partial charge in [-0.15, -0.1) is 0 Å². The highest BCUT2D eigenvalue weighted by Crippen LogP contribution is 1.95. The topological polar surface area (TPSA) is 64.1 Å². The van der Waals surface area contributed by atoms with Gasteiger partial charge in [0.15, 0.2) is 0 Å². The minimum absolute atomic E-state index is 0.114. The Morgan fingerprint density at radius 3 is 3.00 bits per heavy atom. The lowest BCUT2D eigenvalue weighted by atomic mass is 10.5. The molecule has 1 heterocycles. The maximum atomic E-state index is 8.32. The van der Waals surface area contributed by atoms with Gasteiger partial charge in [-0.2, -0.15) is 5.10 Å². The van der Waals surface area contributed by atoms with Crippen molar-refractivity contribution in [3.05, 3.63) is 12.4 Å². The molecule has 1 aromatic heterocycles. The van der Waals surface area contributed by atoms with Gasteiger partial charge in [0.05, 0.1) is 11.9 Å². The Morgan fingerprint density at radius 1 is 1.64 bits per heavy atom. The van der Waals surface area contributed by atoms with Gasteiger partial charge in [-0.25, -0.2) is 0 Å². The van der Waals surface area contributed by atoms with Crippen molar-refractivity contribution in [3.8, 4) is 11.8 Å². The standard InChI is InChI=1S/C7H9N3O/c8-7-5-9-10(6-7)3-1-2-4-11/h5-6,11H,3-4,8H2. The monoisotopic (exact) mass is 151 g/mol.